The number of thiophene rings is 1. The van der Waals surface area contributed by atoms with Crippen molar-refractivity contribution in [2.75, 3.05) is 18.0 Å². The molecule has 3 heterocycles. The van der Waals surface area contributed by atoms with Crippen LogP contribution in [0.5, 0.6) is 0 Å². The summed E-state index contributed by atoms with van der Waals surface area (Å²) in [4.78, 5) is 33.0. The molecule has 7 nitrogen and oxygen atoms in total. The van der Waals surface area contributed by atoms with Gasteiger partial charge < -0.3 is 10.2 Å². The Morgan fingerprint density at radius 3 is 2.73 bits per heavy atom. The van der Waals surface area contributed by atoms with E-state index in [0.717, 1.165) is 35.9 Å². The van der Waals surface area contributed by atoms with E-state index in [0.29, 0.717) is 11.5 Å². The molecule has 0 bridgehead atoms. The molecular weight excluding hydrogens is 370 g/mol. The molecule has 0 saturated heterocycles. The van der Waals surface area contributed by atoms with E-state index in [2.05, 4.69) is 34.1 Å². The van der Waals surface area contributed by atoms with Gasteiger partial charge in [-0.3, -0.25) is 9.59 Å². The van der Waals surface area contributed by atoms with Crippen molar-refractivity contribution in [3.05, 3.63) is 44.5 Å². The van der Waals surface area contributed by atoms with Gasteiger partial charge in [-0.25, -0.2) is 4.98 Å². The van der Waals surface area contributed by atoms with Crippen LogP contribution in [0, 0.1) is 0 Å². The number of hydrogen-bond acceptors (Lipinski definition) is 7. The molecule has 0 radical (unpaired) electrons. The van der Waals surface area contributed by atoms with Gasteiger partial charge in [0.15, 0.2) is 0 Å². The second kappa shape index (κ2) is 8.41. The van der Waals surface area contributed by atoms with Crippen LogP contribution in [0.4, 0.5) is 5.13 Å². The third-order valence-electron chi connectivity index (χ3n) is 3.78. The molecule has 3 aromatic heterocycles. The maximum Gasteiger partial charge on any atom is 0.288 e. The number of anilines is 1. The lowest BCUT2D eigenvalue weighted by Gasteiger charge is -2.19. The zero-order valence-corrected chi connectivity index (χ0v) is 16.4. The molecule has 0 aromatic carbocycles. The largest absolute Gasteiger partial charge is 0.347 e. The summed E-state index contributed by atoms with van der Waals surface area (Å²) < 4.78 is 1.23. The normalized spacial score (nSPS) is 11.0. The third kappa shape index (κ3) is 3.94. The first-order chi connectivity index (χ1) is 12.6. The number of aromatic nitrogens is 3. The second-order valence-electron chi connectivity index (χ2n) is 5.81. The Bertz CT molecular complexity index is 926. The fraction of sp³-hybridized carbons (Fsp3) is 0.412. The molecular formula is C17H21N5O2S2. The van der Waals surface area contributed by atoms with Gasteiger partial charge in [0.25, 0.3) is 11.5 Å². The van der Waals surface area contributed by atoms with Crippen molar-refractivity contribution < 1.29 is 4.79 Å². The molecule has 0 spiro atoms. The van der Waals surface area contributed by atoms with Crippen LogP contribution >= 0.6 is 22.7 Å². The van der Waals surface area contributed by atoms with E-state index in [9.17, 15) is 9.59 Å². The van der Waals surface area contributed by atoms with Gasteiger partial charge in [-0.05, 0) is 24.3 Å². The molecule has 0 atom stereocenters. The first-order valence-corrected chi connectivity index (χ1v) is 10.3. The molecule has 26 heavy (non-hydrogen) atoms. The average Bonchev–Trinajstić information content (AvgIpc) is 3.29. The standard InChI is InChI=1S/C17H21N5O2S2/c1-3-7-21(8-4-2)17-20-22-15(24)13(11-19-16(22)26-17)14(23)18-10-12-6-5-9-25-12/h5-6,9,11H,3-4,7-8,10H2,1-2H3,(H,18,23). The number of carbonyl (C=O) groups excluding carboxylic acids is 1. The van der Waals surface area contributed by atoms with Crippen molar-refractivity contribution in [3.8, 4) is 0 Å². The zero-order valence-electron chi connectivity index (χ0n) is 14.8. The Morgan fingerprint density at radius 1 is 1.31 bits per heavy atom. The Kier molecular flexibility index (Phi) is 6.00. The highest BCUT2D eigenvalue weighted by Gasteiger charge is 2.18. The van der Waals surface area contributed by atoms with Gasteiger partial charge in [0.2, 0.25) is 10.1 Å². The van der Waals surface area contributed by atoms with Crippen LogP contribution in [0.1, 0.15) is 41.9 Å². The van der Waals surface area contributed by atoms with Gasteiger partial charge in [-0.15, -0.1) is 16.4 Å². The average molecular weight is 392 g/mol. The second-order valence-corrected chi connectivity index (χ2v) is 7.77. The van der Waals surface area contributed by atoms with Crippen molar-refractivity contribution >= 4 is 38.7 Å². The van der Waals surface area contributed by atoms with Crippen LogP contribution in [0.25, 0.3) is 4.96 Å². The number of hydrogen-bond donors (Lipinski definition) is 1. The maximum absolute atomic E-state index is 12.7. The maximum atomic E-state index is 12.7. The topological polar surface area (TPSA) is 79.6 Å². The third-order valence-corrected chi connectivity index (χ3v) is 5.64. The highest BCUT2D eigenvalue weighted by atomic mass is 32.1. The lowest BCUT2D eigenvalue weighted by atomic mass is 10.3. The van der Waals surface area contributed by atoms with Crippen molar-refractivity contribution in [3.63, 3.8) is 0 Å². The number of rotatable bonds is 8. The SMILES string of the molecule is CCCN(CCC)c1nn2c(=O)c(C(=O)NCc3cccs3)cnc2s1. The van der Waals surface area contributed by atoms with Gasteiger partial charge in [0.05, 0.1) is 6.54 Å². The van der Waals surface area contributed by atoms with Gasteiger partial charge in [0.1, 0.15) is 5.56 Å². The number of amides is 1. The number of fused-ring (bicyclic) bond motifs is 1. The van der Waals surface area contributed by atoms with Crippen LogP contribution in [-0.2, 0) is 6.54 Å². The summed E-state index contributed by atoms with van der Waals surface area (Å²) in [7, 11) is 0. The van der Waals surface area contributed by atoms with Gasteiger partial charge in [-0.1, -0.05) is 31.3 Å². The van der Waals surface area contributed by atoms with E-state index in [1.54, 1.807) is 11.3 Å². The summed E-state index contributed by atoms with van der Waals surface area (Å²) in [5.41, 5.74) is -0.428. The molecule has 0 fully saturated rings. The van der Waals surface area contributed by atoms with Gasteiger partial charge in [-0.2, -0.15) is 4.52 Å². The van der Waals surface area contributed by atoms with Crippen LogP contribution in [0.3, 0.4) is 0 Å². The monoisotopic (exact) mass is 391 g/mol. The fourth-order valence-electron chi connectivity index (χ4n) is 2.58. The van der Waals surface area contributed by atoms with E-state index in [4.69, 9.17) is 0 Å². The Balaban J connectivity index is 1.85. The molecule has 0 unspecified atom stereocenters. The van der Waals surface area contributed by atoms with Crippen molar-refractivity contribution in [2.45, 2.75) is 33.2 Å². The predicted molar refractivity (Wildman–Crippen MR) is 105 cm³/mol. The van der Waals surface area contributed by atoms with Crippen molar-refractivity contribution in [1.82, 2.24) is 19.9 Å². The molecule has 1 amide bonds. The Morgan fingerprint density at radius 2 is 2.08 bits per heavy atom. The highest BCUT2D eigenvalue weighted by Crippen LogP contribution is 2.21. The first-order valence-electron chi connectivity index (χ1n) is 8.58. The molecule has 3 aromatic rings. The smallest absolute Gasteiger partial charge is 0.288 e. The molecule has 3 rings (SSSR count). The van der Waals surface area contributed by atoms with Crippen molar-refractivity contribution in [2.24, 2.45) is 0 Å². The van der Waals surface area contributed by atoms with E-state index < -0.39 is 11.5 Å². The van der Waals surface area contributed by atoms with Gasteiger partial charge >= 0.3 is 0 Å². The number of carbonyl (C=O) groups is 1. The van der Waals surface area contributed by atoms with E-state index in [1.807, 2.05) is 17.5 Å². The first kappa shape index (κ1) is 18.5. The highest BCUT2D eigenvalue weighted by molar-refractivity contribution is 7.20. The van der Waals surface area contributed by atoms with E-state index in [1.165, 1.54) is 22.0 Å². The minimum absolute atomic E-state index is 0.00781. The van der Waals surface area contributed by atoms with Crippen LogP contribution in [0.15, 0.2) is 28.5 Å². The predicted octanol–water partition coefficient (Wildman–Crippen LogP) is 2.77. The molecule has 138 valence electrons. The zero-order chi connectivity index (χ0) is 18.5. The Hall–Kier alpha value is -2.26. The Labute approximate surface area is 159 Å². The van der Waals surface area contributed by atoms with Crippen LogP contribution < -0.4 is 15.8 Å². The van der Waals surface area contributed by atoms with Crippen molar-refractivity contribution in [1.29, 1.82) is 0 Å². The van der Waals surface area contributed by atoms with Gasteiger partial charge in [0, 0.05) is 24.2 Å². The molecule has 0 aliphatic rings. The number of nitrogens with one attached hydrogen (secondary N) is 1. The van der Waals surface area contributed by atoms with E-state index in [-0.39, 0.29) is 5.56 Å². The minimum Gasteiger partial charge on any atom is -0.347 e. The summed E-state index contributed by atoms with van der Waals surface area (Å²) in [6.45, 7) is 6.35. The molecule has 0 aliphatic carbocycles. The van der Waals surface area contributed by atoms with E-state index >= 15 is 0 Å². The van der Waals surface area contributed by atoms with Crippen LogP contribution in [-0.4, -0.2) is 33.6 Å². The fourth-order valence-corrected chi connectivity index (χ4v) is 4.14. The summed E-state index contributed by atoms with van der Waals surface area (Å²) in [6, 6.07) is 3.85. The lowest BCUT2D eigenvalue weighted by molar-refractivity contribution is 0.0949. The molecule has 1 N–H and O–H groups in total. The summed E-state index contributed by atoms with van der Waals surface area (Å²) in [5.74, 6) is -0.432. The summed E-state index contributed by atoms with van der Waals surface area (Å²) >= 11 is 2.92. The molecule has 0 saturated carbocycles. The summed E-state index contributed by atoms with van der Waals surface area (Å²) in [6.07, 6.45) is 3.33. The molecule has 9 heteroatoms. The lowest BCUT2D eigenvalue weighted by Crippen LogP contribution is -2.31. The van der Waals surface area contributed by atoms with Crippen LogP contribution in [0.2, 0.25) is 0 Å². The summed E-state index contributed by atoms with van der Waals surface area (Å²) in [5, 5.41) is 9.87. The quantitative estimate of drug-likeness (QED) is 0.639. The number of nitrogens with zero attached hydrogens (tertiary/aromatic N) is 4. The molecule has 0 aliphatic heterocycles. The minimum atomic E-state index is -0.436.